The first-order valence-corrected chi connectivity index (χ1v) is 23.7. The van der Waals surface area contributed by atoms with E-state index in [9.17, 15) is 48.6 Å². The Morgan fingerprint density at radius 2 is 1.64 bits per heavy atom. The third-order valence-corrected chi connectivity index (χ3v) is 13.7. The summed E-state index contributed by atoms with van der Waals surface area (Å²) in [5.74, 6) is -5.99. The Hall–Kier alpha value is -8.14. The van der Waals surface area contributed by atoms with Crippen LogP contribution in [-0.2, 0) is 62.4 Å². The third-order valence-electron chi connectivity index (χ3n) is 13.7. The molecule has 4 atom stereocenters. The van der Waals surface area contributed by atoms with Gasteiger partial charge in [-0.2, -0.15) is 0 Å². The van der Waals surface area contributed by atoms with Gasteiger partial charge in [0.2, 0.25) is 23.6 Å². The molecule has 0 saturated carbocycles. The maximum atomic E-state index is 15.4. The molecule has 5 heterocycles. The summed E-state index contributed by atoms with van der Waals surface area (Å²) in [6, 6.07) is 14.7. The van der Waals surface area contributed by atoms with Crippen LogP contribution in [0.3, 0.4) is 0 Å². The number of nitrogens with one attached hydrogen (secondary N) is 5. The number of halogens is 1. The van der Waals surface area contributed by atoms with Crippen LogP contribution in [0, 0.1) is 12.7 Å². The summed E-state index contributed by atoms with van der Waals surface area (Å²) in [5.41, 5.74) is 3.97. The second-order valence-corrected chi connectivity index (χ2v) is 18.2. The molecule has 1 aromatic heterocycles. The summed E-state index contributed by atoms with van der Waals surface area (Å²) in [5, 5.41) is 36.4. The molecule has 0 bridgehead atoms. The molecule has 0 fully saturated rings. The minimum absolute atomic E-state index is 0.0124. The standard InChI is InChI=1S/C52H51FN8O12/c1-3-52(71)35-18-39-47-33(23-60(39)50(69)34(35)25-73-51(52)70)45-30(12-13-32-27(2)36(53)19-37(59-47)46(32)45)24-72-26-57-41(63)21-56-49(68)38(16-28-8-5-4-6-9-28)58-42(64)22-54-40(62)20-55-48(67)29-10-7-11-31(17-29)61-43(65)14-15-44(61)66/h4-11,14-15,17-19,30,38,50,69,71H,3,12-13,16,20-26H2,1-2H3,(H,54,62)(H,55,67)(H,56,68)(H,57,63)(H,58,64)/t30-,38-,50?,52-/m0/s1. The van der Waals surface area contributed by atoms with Crippen molar-refractivity contribution >= 4 is 69.6 Å². The van der Waals surface area contributed by atoms with E-state index in [-0.39, 0.29) is 62.1 Å². The second-order valence-electron chi connectivity index (χ2n) is 18.2. The largest absolute Gasteiger partial charge is 0.459 e. The Kier molecular flexibility index (Phi) is 14.0. The lowest BCUT2D eigenvalue weighted by Gasteiger charge is -2.40. The molecule has 1 unspecified atom stereocenters. The molecule has 4 aliphatic heterocycles. The normalized spacial score (nSPS) is 19.9. The third kappa shape index (κ3) is 9.81. The number of aliphatic hydroxyl groups excluding tert-OH is 1. The number of nitrogens with zero attached hydrogens (tertiary/aromatic N) is 3. The van der Waals surface area contributed by atoms with E-state index >= 15 is 4.39 Å². The molecule has 0 saturated heterocycles. The number of carbonyl (C=O) groups excluding carboxylic acids is 8. The van der Waals surface area contributed by atoms with Crippen molar-refractivity contribution in [2.24, 2.45) is 0 Å². The SMILES string of the molecule is CC[C@@]1(O)C(=O)OCC2=C1C=C1c3nc4cc(F)c(C)c5c4c(c3CN1C2O)[C@H](COCNC(=O)CNC(=O)[C@H](Cc1ccccc1)NC(=O)CNC(=O)CNC(=O)c1cccc(N2C(=O)C=CC2=O)c1)CC5. The molecule has 1 aliphatic carbocycles. The molecular weight excluding hydrogens is 948 g/mol. The van der Waals surface area contributed by atoms with Crippen molar-refractivity contribution < 1.29 is 62.4 Å². The number of aromatic nitrogens is 1. The molecule has 20 nitrogen and oxygen atoms in total. The number of benzene rings is 3. The van der Waals surface area contributed by atoms with Crippen molar-refractivity contribution in [3.8, 4) is 0 Å². The van der Waals surface area contributed by atoms with Crippen LogP contribution in [0.5, 0.6) is 0 Å². The number of cyclic esters (lactones) is 1. The molecule has 7 amide bonds. The highest BCUT2D eigenvalue weighted by Crippen LogP contribution is 2.49. The van der Waals surface area contributed by atoms with Crippen molar-refractivity contribution in [2.75, 3.05) is 44.5 Å². The second kappa shape index (κ2) is 20.5. The maximum absolute atomic E-state index is 15.4. The minimum Gasteiger partial charge on any atom is -0.459 e. The van der Waals surface area contributed by atoms with Crippen LogP contribution in [0.1, 0.15) is 69.6 Å². The van der Waals surface area contributed by atoms with Gasteiger partial charge in [0.25, 0.3) is 17.7 Å². The van der Waals surface area contributed by atoms with Gasteiger partial charge in [-0.3, -0.25) is 33.6 Å². The van der Waals surface area contributed by atoms with E-state index in [1.165, 1.54) is 30.3 Å². The highest BCUT2D eigenvalue weighted by Gasteiger charge is 2.50. The van der Waals surface area contributed by atoms with Gasteiger partial charge in [0.1, 0.15) is 25.2 Å². The number of rotatable bonds is 17. The Morgan fingerprint density at radius 1 is 0.918 bits per heavy atom. The molecule has 7 N–H and O–H groups in total. The van der Waals surface area contributed by atoms with Gasteiger partial charge < -0.3 is 51.2 Å². The van der Waals surface area contributed by atoms with E-state index in [4.69, 9.17) is 14.5 Å². The number of ether oxygens (including phenoxy) is 2. The number of anilines is 1. The zero-order valence-corrected chi connectivity index (χ0v) is 39.7. The molecule has 3 aromatic carbocycles. The van der Waals surface area contributed by atoms with Gasteiger partial charge in [-0.25, -0.2) is 19.1 Å². The number of hydrogen-bond donors (Lipinski definition) is 7. The van der Waals surface area contributed by atoms with E-state index in [2.05, 4.69) is 26.6 Å². The average molecular weight is 999 g/mol. The summed E-state index contributed by atoms with van der Waals surface area (Å²) in [6.45, 7) is 1.76. The Balaban J connectivity index is 0.791. The van der Waals surface area contributed by atoms with Crippen LogP contribution in [0.25, 0.3) is 16.6 Å². The van der Waals surface area contributed by atoms with Crippen LogP contribution >= 0.6 is 0 Å². The van der Waals surface area contributed by atoms with Crippen molar-refractivity contribution in [3.63, 3.8) is 0 Å². The average Bonchev–Trinajstić information content (AvgIpc) is 3.94. The molecule has 0 radical (unpaired) electrons. The van der Waals surface area contributed by atoms with Gasteiger partial charge in [-0.1, -0.05) is 43.3 Å². The van der Waals surface area contributed by atoms with E-state index in [0.29, 0.717) is 46.4 Å². The highest BCUT2D eigenvalue weighted by atomic mass is 19.1. The van der Waals surface area contributed by atoms with Crippen LogP contribution in [0.4, 0.5) is 10.1 Å². The quantitative estimate of drug-likeness (QED) is 0.0338. The molecule has 0 spiro atoms. The Bertz CT molecular complexity index is 3090. The number of esters is 1. The lowest BCUT2D eigenvalue weighted by atomic mass is 9.78. The Labute approximate surface area is 416 Å². The number of imide groups is 1. The fraction of sp³-hybridized carbons (Fsp3) is 0.327. The van der Waals surface area contributed by atoms with Crippen LogP contribution in [0.2, 0.25) is 0 Å². The smallest absolute Gasteiger partial charge is 0.343 e. The molecule has 4 aromatic rings. The van der Waals surface area contributed by atoms with Gasteiger partial charge in [0.15, 0.2) is 11.8 Å². The van der Waals surface area contributed by atoms with E-state index < -0.39 is 90.6 Å². The van der Waals surface area contributed by atoms with Gasteiger partial charge in [0.05, 0.1) is 48.8 Å². The predicted molar refractivity (Wildman–Crippen MR) is 258 cm³/mol. The molecule has 9 rings (SSSR count). The van der Waals surface area contributed by atoms with E-state index in [0.717, 1.165) is 39.1 Å². The maximum Gasteiger partial charge on any atom is 0.343 e. The van der Waals surface area contributed by atoms with Crippen LogP contribution in [-0.4, -0.2) is 125 Å². The summed E-state index contributed by atoms with van der Waals surface area (Å²) in [4.78, 5) is 109. The predicted octanol–water partition coefficient (Wildman–Crippen LogP) is 1.10. The zero-order valence-electron chi connectivity index (χ0n) is 39.7. The molecule has 73 heavy (non-hydrogen) atoms. The molecule has 21 heteroatoms. The molecule has 5 aliphatic rings. The molecule has 378 valence electrons. The van der Waals surface area contributed by atoms with E-state index in [1.54, 1.807) is 55.2 Å². The van der Waals surface area contributed by atoms with Crippen LogP contribution in [0.15, 0.2) is 90.0 Å². The fourth-order valence-corrected chi connectivity index (χ4v) is 9.90. The highest BCUT2D eigenvalue weighted by molar-refractivity contribution is 6.28. The fourth-order valence-electron chi connectivity index (χ4n) is 9.90. The van der Waals surface area contributed by atoms with Gasteiger partial charge in [0, 0.05) is 64.8 Å². The topological polar surface area (TPSA) is 275 Å². The minimum atomic E-state index is -1.97. The van der Waals surface area contributed by atoms with Crippen LogP contribution < -0.4 is 31.5 Å². The number of fused-ring (bicyclic) bond motifs is 4. The lowest BCUT2D eigenvalue weighted by molar-refractivity contribution is -0.164. The van der Waals surface area contributed by atoms with Crippen molar-refractivity contribution in [1.29, 1.82) is 0 Å². The van der Waals surface area contributed by atoms with Crippen molar-refractivity contribution in [2.45, 2.75) is 69.9 Å². The molecular formula is C52H51FN8O12. The summed E-state index contributed by atoms with van der Waals surface area (Å²) >= 11 is 0. The summed E-state index contributed by atoms with van der Waals surface area (Å²) < 4.78 is 26.7. The first kappa shape index (κ1) is 49.8. The van der Waals surface area contributed by atoms with E-state index in [1.807, 2.05) is 0 Å². The summed E-state index contributed by atoms with van der Waals surface area (Å²) in [6.07, 6.45) is 3.81. The number of amides is 7. The van der Waals surface area contributed by atoms with Crippen molar-refractivity contribution in [3.05, 3.63) is 135 Å². The number of hydrogen-bond acceptors (Lipinski definition) is 14. The summed E-state index contributed by atoms with van der Waals surface area (Å²) in [7, 11) is 0. The first-order chi connectivity index (χ1) is 35.1. The monoisotopic (exact) mass is 998 g/mol. The zero-order chi connectivity index (χ0) is 51.7. The lowest BCUT2D eigenvalue weighted by Crippen LogP contribution is -2.52. The van der Waals surface area contributed by atoms with Gasteiger partial charge in [-0.15, -0.1) is 0 Å². The first-order valence-electron chi connectivity index (χ1n) is 23.7. The number of pyridine rings is 1. The van der Waals surface area contributed by atoms with Gasteiger partial charge in [-0.05, 0) is 72.7 Å². The van der Waals surface area contributed by atoms with Crippen molar-refractivity contribution in [1.82, 2.24) is 36.5 Å². The number of aliphatic hydroxyl groups is 2. The Morgan fingerprint density at radius 3 is 2.40 bits per heavy atom. The number of aryl methyl sites for hydroxylation is 1. The van der Waals surface area contributed by atoms with Gasteiger partial charge >= 0.3 is 5.97 Å². The number of carbonyl (C=O) groups is 8.